The molecule has 0 fully saturated rings. The summed E-state index contributed by atoms with van der Waals surface area (Å²) >= 11 is 0. The average molecular weight is 375 g/mol. The minimum atomic E-state index is -0.457. The summed E-state index contributed by atoms with van der Waals surface area (Å²) in [5.74, 6) is -0.787. The quantitative estimate of drug-likeness (QED) is 0.611. The topological polar surface area (TPSA) is 106 Å². The summed E-state index contributed by atoms with van der Waals surface area (Å²) in [6.07, 6.45) is 1.56. The molecule has 140 valence electrons. The van der Waals surface area contributed by atoms with E-state index in [-0.39, 0.29) is 21.9 Å². The number of phenolic OH excluding ortho intramolecular Hbond substituents is 1. The van der Waals surface area contributed by atoms with Crippen molar-refractivity contribution in [3.63, 3.8) is 0 Å². The van der Waals surface area contributed by atoms with Crippen molar-refractivity contribution in [3.05, 3.63) is 80.6 Å². The van der Waals surface area contributed by atoms with Crippen molar-refractivity contribution in [2.75, 3.05) is 11.4 Å². The molecule has 0 saturated carbocycles. The molecule has 0 bridgehead atoms. The highest BCUT2D eigenvalue weighted by Crippen LogP contribution is 2.29. The molecule has 1 aliphatic heterocycles. The van der Waals surface area contributed by atoms with Crippen LogP contribution in [-0.2, 0) is 4.79 Å². The van der Waals surface area contributed by atoms with E-state index in [0.717, 1.165) is 0 Å². The third kappa shape index (κ3) is 2.73. The first kappa shape index (κ1) is 17.5. The number of H-pyrrole nitrogens is 2. The van der Waals surface area contributed by atoms with Gasteiger partial charge in [0.2, 0.25) is 5.78 Å². The highest BCUT2D eigenvalue weighted by atomic mass is 16.3. The fourth-order valence-corrected chi connectivity index (χ4v) is 3.35. The van der Waals surface area contributed by atoms with E-state index in [1.807, 2.05) is 6.92 Å². The molecule has 3 aromatic rings. The minimum absolute atomic E-state index is 0.0797. The maximum absolute atomic E-state index is 13.1. The Hall–Kier alpha value is -3.87. The number of Topliss-reactive ketones (excluding diaryl/α,β-unsaturated/α-hetero) is 1. The predicted octanol–water partition coefficient (Wildman–Crippen LogP) is 0.637. The third-order valence-corrected chi connectivity index (χ3v) is 4.71. The van der Waals surface area contributed by atoms with Crippen LogP contribution in [0.1, 0.15) is 22.8 Å². The zero-order valence-electron chi connectivity index (χ0n) is 15.0. The summed E-state index contributed by atoms with van der Waals surface area (Å²) in [4.78, 5) is 40.0. The second kappa shape index (κ2) is 6.70. The van der Waals surface area contributed by atoms with E-state index in [2.05, 4.69) is 10.2 Å². The van der Waals surface area contributed by atoms with E-state index < -0.39 is 17.2 Å². The molecule has 1 aromatic heterocycles. The fourth-order valence-electron chi connectivity index (χ4n) is 3.35. The normalized spacial score (nSPS) is 16.5. The summed E-state index contributed by atoms with van der Waals surface area (Å²) in [6, 6.07) is 13.2. The first-order chi connectivity index (χ1) is 13.5. The number of aromatic amines is 2. The number of hydrogen-bond acceptors (Lipinski definition) is 4. The van der Waals surface area contributed by atoms with Crippen LogP contribution in [0.2, 0.25) is 0 Å². The number of nitrogens with zero attached hydrogens (tertiary/aromatic N) is 1. The van der Waals surface area contributed by atoms with Crippen molar-refractivity contribution < 1.29 is 14.7 Å². The van der Waals surface area contributed by atoms with Crippen molar-refractivity contribution in [3.8, 4) is 5.75 Å². The number of para-hydroxylation sites is 1. The fraction of sp³-hybridized carbons (Fsp3) is 0.0952. The molecule has 7 nitrogen and oxygen atoms in total. The first-order valence-corrected chi connectivity index (χ1v) is 8.78. The van der Waals surface area contributed by atoms with Crippen LogP contribution < -0.4 is 21.0 Å². The molecule has 1 aliphatic rings. The molecule has 0 atom stereocenters. The molecule has 1 amide bonds. The Morgan fingerprint density at radius 1 is 1.00 bits per heavy atom. The van der Waals surface area contributed by atoms with Gasteiger partial charge in [-0.05, 0) is 42.8 Å². The second-order valence-corrected chi connectivity index (χ2v) is 6.37. The van der Waals surface area contributed by atoms with Crippen LogP contribution >= 0.6 is 0 Å². The Bertz CT molecular complexity index is 1270. The summed E-state index contributed by atoms with van der Waals surface area (Å²) in [5.41, 5.74) is 1.09. The molecule has 3 N–H and O–H groups in total. The Morgan fingerprint density at radius 2 is 1.71 bits per heavy atom. The number of amides is 1. The van der Waals surface area contributed by atoms with Crippen LogP contribution in [0.5, 0.6) is 5.75 Å². The largest absolute Gasteiger partial charge is 0.508 e. The molecule has 2 aromatic carbocycles. The number of rotatable bonds is 2. The van der Waals surface area contributed by atoms with Crippen molar-refractivity contribution >= 4 is 29.0 Å². The van der Waals surface area contributed by atoms with Crippen molar-refractivity contribution in [1.29, 1.82) is 0 Å². The summed E-state index contributed by atoms with van der Waals surface area (Å²) < 4.78 is 0. The molecule has 0 aliphatic carbocycles. The monoisotopic (exact) mass is 375 g/mol. The van der Waals surface area contributed by atoms with E-state index >= 15 is 0 Å². The number of nitrogens with one attached hydrogen (secondary N) is 2. The third-order valence-electron chi connectivity index (χ3n) is 4.71. The van der Waals surface area contributed by atoms with Crippen molar-refractivity contribution in [2.45, 2.75) is 6.92 Å². The van der Waals surface area contributed by atoms with E-state index in [1.165, 1.54) is 17.0 Å². The van der Waals surface area contributed by atoms with Crippen LogP contribution in [0.4, 0.5) is 5.69 Å². The first-order valence-electron chi connectivity index (χ1n) is 8.78. The molecule has 4 rings (SSSR count). The summed E-state index contributed by atoms with van der Waals surface area (Å²) in [7, 11) is 0. The lowest BCUT2D eigenvalue weighted by atomic mass is 9.94. The van der Waals surface area contributed by atoms with E-state index in [1.54, 1.807) is 42.5 Å². The molecule has 0 spiro atoms. The zero-order valence-corrected chi connectivity index (χ0v) is 15.0. The average Bonchev–Trinajstić information content (AvgIpc) is 3.04. The number of carbonyl (C=O) groups excluding carboxylic acids is 2. The van der Waals surface area contributed by atoms with Crippen LogP contribution in [0, 0.1) is 0 Å². The Morgan fingerprint density at radius 3 is 2.43 bits per heavy atom. The molecule has 7 heteroatoms. The lowest BCUT2D eigenvalue weighted by Gasteiger charge is -2.28. The molecule has 28 heavy (non-hydrogen) atoms. The smallest absolute Gasteiger partial charge is 0.271 e. The van der Waals surface area contributed by atoms with E-state index in [9.17, 15) is 19.5 Å². The van der Waals surface area contributed by atoms with Gasteiger partial charge in [0.25, 0.3) is 11.5 Å². The lowest BCUT2D eigenvalue weighted by Crippen LogP contribution is -2.45. The van der Waals surface area contributed by atoms with Crippen molar-refractivity contribution in [1.82, 2.24) is 10.2 Å². The number of aromatic nitrogens is 2. The molecular formula is C21H17N3O4. The number of carbonyl (C=O) groups is 2. The minimum Gasteiger partial charge on any atom is -0.508 e. The molecule has 0 radical (unpaired) electrons. The number of fused-ring (bicyclic) bond motifs is 1. The Balaban J connectivity index is 2.03. The van der Waals surface area contributed by atoms with Crippen molar-refractivity contribution in [2.24, 2.45) is 0 Å². The van der Waals surface area contributed by atoms with Crippen LogP contribution in [0.15, 0.2) is 53.3 Å². The highest BCUT2D eigenvalue weighted by molar-refractivity contribution is 6.51. The maximum Gasteiger partial charge on any atom is 0.271 e. The van der Waals surface area contributed by atoms with Gasteiger partial charge in [-0.25, -0.2) is 0 Å². The number of benzene rings is 2. The van der Waals surface area contributed by atoms with Gasteiger partial charge in [0, 0.05) is 12.1 Å². The second-order valence-electron chi connectivity index (χ2n) is 6.37. The lowest BCUT2D eigenvalue weighted by molar-refractivity contribution is -0.113. The predicted molar refractivity (Wildman–Crippen MR) is 105 cm³/mol. The van der Waals surface area contributed by atoms with Gasteiger partial charge in [-0.2, -0.15) is 0 Å². The standard InChI is InChI=1S/C21H17N3O4/c1-2-24-16-6-4-3-5-14(16)19(26)17(21(24)28)18-15(20(27)23-22-18)11-12-7-9-13(25)10-8-12/h3-11,22,25H,2H2,1H3,(H,23,27)/b15-11+,18-17+. The van der Waals surface area contributed by atoms with Gasteiger partial charge >= 0.3 is 0 Å². The van der Waals surface area contributed by atoms with E-state index in [0.29, 0.717) is 23.4 Å². The summed E-state index contributed by atoms with van der Waals surface area (Å²) in [6.45, 7) is 2.21. The van der Waals surface area contributed by atoms with Gasteiger partial charge in [0.1, 0.15) is 11.3 Å². The van der Waals surface area contributed by atoms with Crippen LogP contribution in [0.25, 0.3) is 11.6 Å². The van der Waals surface area contributed by atoms with Crippen LogP contribution in [0.3, 0.4) is 0 Å². The van der Waals surface area contributed by atoms with Gasteiger partial charge in [0.05, 0.1) is 16.3 Å². The molecule has 2 heterocycles. The van der Waals surface area contributed by atoms with Crippen LogP contribution in [-0.4, -0.2) is 33.5 Å². The SMILES string of the molecule is CCN1C(=O)/C(=c2/[nH][nH]c(=O)/c2=C/c2ccc(O)cc2)C(=O)c2ccccc21. The van der Waals surface area contributed by atoms with Gasteiger partial charge in [0.15, 0.2) is 0 Å². The number of phenols is 1. The number of ketones is 1. The molecule has 0 unspecified atom stereocenters. The Labute approximate surface area is 159 Å². The number of hydrogen-bond donors (Lipinski definition) is 3. The Kier molecular flexibility index (Phi) is 4.19. The molecular weight excluding hydrogens is 358 g/mol. The highest BCUT2D eigenvalue weighted by Gasteiger charge is 2.35. The van der Waals surface area contributed by atoms with Gasteiger partial charge in [-0.1, -0.05) is 24.3 Å². The maximum atomic E-state index is 13.1. The van der Waals surface area contributed by atoms with Gasteiger partial charge < -0.3 is 10.0 Å². The zero-order chi connectivity index (χ0) is 19.8. The number of aromatic hydroxyl groups is 1. The van der Waals surface area contributed by atoms with Gasteiger partial charge in [-0.15, -0.1) is 0 Å². The number of anilines is 1. The molecule has 0 saturated heterocycles. The summed E-state index contributed by atoms with van der Waals surface area (Å²) in [5, 5.41) is 14.9. The van der Waals surface area contributed by atoms with Gasteiger partial charge in [-0.3, -0.25) is 24.6 Å². The van der Waals surface area contributed by atoms with E-state index in [4.69, 9.17) is 0 Å².